The van der Waals surface area contributed by atoms with Gasteiger partial charge in [0, 0.05) is 0 Å². The molecule has 0 spiro atoms. The molecule has 0 atom stereocenters. The van der Waals surface area contributed by atoms with Crippen molar-refractivity contribution in [2.75, 3.05) is 0 Å². The van der Waals surface area contributed by atoms with Crippen molar-refractivity contribution >= 4 is 5.91 Å². The van der Waals surface area contributed by atoms with Crippen molar-refractivity contribution in [3.63, 3.8) is 0 Å². The Morgan fingerprint density at radius 1 is 1.40 bits per heavy atom. The Morgan fingerprint density at radius 2 is 2.30 bits per heavy atom. The van der Waals surface area contributed by atoms with E-state index in [4.69, 9.17) is 0 Å². The van der Waals surface area contributed by atoms with Crippen LogP contribution in [0.5, 0.6) is 0 Å². The molecule has 0 unspecified atom stereocenters. The summed E-state index contributed by atoms with van der Waals surface area (Å²) in [5, 5.41) is 7.18. The summed E-state index contributed by atoms with van der Waals surface area (Å²) in [6.07, 6.45) is 5.63. The second-order valence-electron chi connectivity index (χ2n) is 2.31. The molecule has 0 bridgehead atoms. The number of azo groups is 1. The van der Waals surface area contributed by atoms with Crippen molar-refractivity contribution in [3.8, 4) is 0 Å². The van der Waals surface area contributed by atoms with E-state index in [2.05, 4.69) is 10.2 Å². The van der Waals surface area contributed by atoms with Crippen LogP contribution in [0, 0.1) is 0 Å². The third-order valence-corrected chi connectivity index (χ3v) is 1.64. The molecule has 0 radical (unpaired) electrons. The minimum absolute atomic E-state index is 0.189. The zero-order chi connectivity index (χ0) is 6.97. The van der Waals surface area contributed by atoms with Crippen molar-refractivity contribution < 1.29 is 4.79 Å². The number of nitrogens with zero attached hydrogens (tertiary/aromatic N) is 2. The van der Waals surface area contributed by atoms with Gasteiger partial charge in [-0.2, -0.15) is 5.11 Å². The fourth-order valence-electron chi connectivity index (χ4n) is 1.11. The van der Waals surface area contributed by atoms with E-state index in [1.54, 1.807) is 6.08 Å². The number of carbonyl (C=O) groups excluding carboxylic acids is 1. The summed E-state index contributed by atoms with van der Waals surface area (Å²) in [6.45, 7) is 0. The van der Waals surface area contributed by atoms with Crippen LogP contribution in [0.15, 0.2) is 33.7 Å². The van der Waals surface area contributed by atoms with Crippen molar-refractivity contribution in [2.45, 2.75) is 12.8 Å². The Morgan fingerprint density at radius 3 is 3.10 bits per heavy atom. The van der Waals surface area contributed by atoms with Crippen molar-refractivity contribution in [3.05, 3.63) is 23.4 Å². The highest BCUT2D eigenvalue weighted by Crippen LogP contribution is 2.25. The van der Waals surface area contributed by atoms with Gasteiger partial charge >= 0.3 is 0 Å². The van der Waals surface area contributed by atoms with Gasteiger partial charge in [0.05, 0.1) is 11.3 Å². The van der Waals surface area contributed by atoms with E-state index in [1.165, 1.54) is 0 Å². The van der Waals surface area contributed by atoms with E-state index >= 15 is 0 Å². The Bertz CT molecular complexity index is 273. The average Bonchev–Trinajstić information content (AvgIpc) is 2.34. The Hall–Kier alpha value is -1.25. The molecule has 1 amide bonds. The third kappa shape index (κ3) is 0.635. The maximum Gasteiger partial charge on any atom is 0.297 e. The van der Waals surface area contributed by atoms with E-state index in [1.807, 2.05) is 6.08 Å². The predicted octanol–water partition coefficient (Wildman–Crippen LogP) is 1.58. The SMILES string of the molecule is O=C1N=NC2=C1C=CCC2. The summed E-state index contributed by atoms with van der Waals surface area (Å²) in [6, 6.07) is 0. The van der Waals surface area contributed by atoms with E-state index in [-0.39, 0.29) is 5.91 Å². The zero-order valence-corrected chi connectivity index (χ0v) is 5.37. The minimum Gasteiger partial charge on any atom is -0.265 e. The summed E-state index contributed by atoms with van der Waals surface area (Å²) in [4.78, 5) is 10.8. The highest BCUT2D eigenvalue weighted by Gasteiger charge is 2.19. The van der Waals surface area contributed by atoms with Gasteiger partial charge in [0.1, 0.15) is 0 Å². The number of rotatable bonds is 0. The van der Waals surface area contributed by atoms with Crippen molar-refractivity contribution in [1.29, 1.82) is 0 Å². The molecule has 3 heteroatoms. The van der Waals surface area contributed by atoms with Gasteiger partial charge in [-0.1, -0.05) is 12.2 Å². The molecule has 0 saturated carbocycles. The van der Waals surface area contributed by atoms with Gasteiger partial charge in [-0.05, 0) is 12.8 Å². The van der Waals surface area contributed by atoms with Crippen LogP contribution >= 0.6 is 0 Å². The lowest BCUT2D eigenvalue weighted by molar-refractivity contribution is -0.114. The van der Waals surface area contributed by atoms with E-state index in [0.29, 0.717) is 5.57 Å². The summed E-state index contributed by atoms with van der Waals surface area (Å²) in [7, 11) is 0. The first kappa shape index (κ1) is 5.53. The molecule has 1 heterocycles. The van der Waals surface area contributed by atoms with Crippen LogP contribution in [0.25, 0.3) is 0 Å². The number of carbonyl (C=O) groups is 1. The lowest BCUT2D eigenvalue weighted by atomic mass is 10.0. The standard InChI is InChI=1S/C7H6N2O/c10-7-5-3-1-2-4-6(5)8-9-7/h1,3H,2,4H2. The second-order valence-corrected chi connectivity index (χ2v) is 2.31. The monoisotopic (exact) mass is 134 g/mol. The molecular weight excluding hydrogens is 128 g/mol. The lowest BCUT2D eigenvalue weighted by Gasteiger charge is -2.00. The quantitative estimate of drug-likeness (QED) is 0.496. The summed E-state index contributed by atoms with van der Waals surface area (Å²) < 4.78 is 0. The molecule has 10 heavy (non-hydrogen) atoms. The van der Waals surface area contributed by atoms with Gasteiger partial charge in [-0.3, -0.25) is 4.79 Å². The third-order valence-electron chi connectivity index (χ3n) is 1.64. The highest BCUT2D eigenvalue weighted by molar-refractivity contribution is 5.99. The van der Waals surface area contributed by atoms with Crippen LogP contribution in [0.2, 0.25) is 0 Å². The molecule has 0 aromatic heterocycles. The molecule has 0 aromatic carbocycles. The Kier molecular flexibility index (Phi) is 1.03. The molecule has 50 valence electrons. The van der Waals surface area contributed by atoms with E-state index in [9.17, 15) is 4.79 Å². The normalized spacial score (nSPS) is 22.2. The summed E-state index contributed by atoms with van der Waals surface area (Å²) >= 11 is 0. The highest BCUT2D eigenvalue weighted by atomic mass is 16.2. The molecule has 3 nitrogen and oxygen atoms in total. The number of hydrogen-bond donors (Lipinski definition) is 0. The smallest absolute Gasteiger partial charge is 0.265 e. The van der Waals surface area contributed by atoms with Crippen molar-refractivity contribution in [2.24, 2.45) is 10.2 Å². The van der Waals surface area contributed by atoms with Gasteiger partial charge in [0.25, 0.3) is 5.91 Å². The first-order valence-electron chi connectivity index (χ1n) is 3.24. The number of hydrogen-bond acceptors (Lipinski definition) is 2. The summed E-state index contributed by atoms with van der Waals surface area (Å²) in [5.74, 6) is -0.189. The summed E-state index contributed by atoms with van der Waals surface area (Å²) in [5.41, 5.74) is 1.54. The van der Waals surface area contributed by atoms with Crippen LogP contribution in [-0.2, 0) is 4.79 Å². The Labute approximate surface area is 58.1 Å². The average molecular weight is 134 g/mol. The molecule has 0 saturated heterocycles. The van der Waals surface area contributed by atoms with Crippen molar-refractivity contribution in [1.82, 2.24) is 0 Å². The van der Waals surface area contributed by atoms with Gasteiger partial charge in [0.2, 0.25) is 0 Å². The fraction of sp³-hybridized carbons (Fsp3) is 0.286. The van der Waals surface area contributed by atoms with E-state index in [0.717, 1.165) is 18.5 Å². The van der Waals surface area contributed by atoms with Gasteiger partial charge in [0.15, 0.2) is 0 Å². The van der Waals surface area contributed by atoms with Crippen LogP contribution in [-0.4, -0.2) is 5.91 Å². The van der Waals surface area contributed by atoms with Crippen LogP contribution in [0.1, 0.15) is 12.8 Å². The fourth-order valence-corrected chi connectivity index (χ4v) is 1.11. The second kappa shape index (κ2) is 1.87. The van der Waals surface area contributed by atoms with Crippen LogP contribution in [0.3, 0.4) is 0 Å². The van der Waals surface area contributed by atoms with Crippen LogP contribution in [0.4, 0.5) is 0 Å². The van der Waals surface area contributed by atoms with Crippen LogP contribution < -0.4 is 0 Å². The number of amides is 1. The Balaban J connectivity index is 2.46. The zero-order valence-electron chi connectivity index (χ0n) is 5.37. The molecule has 1 aliphatic carbocycles. The molecule has 0 N–H and O–H groups in total. The van der Waals surface area contributed by atoms with E-state index < -0.39 is 0 Å². The molecule has 2 aliphatic rings. The first-order chi connectivity index (χ1) is 4.88. The topological polar surface area (TPSA) is 41.8 Å². The first-order valence-corrected chi connectivity index (χ1v) is 3.24. The van der Waals surface area contributed by atoms with Gasteiger partial charge in [-0.15, -0.1) is 5.11 Å². The molecule has 2 rings (SSSR count). The molecule has 1 aliphatic heterocycles. The van der Waals surface area contributed by atoms with Gasteiger partial charge in [-0.25, -0.2) is 0 Å². The van der Waals surface area contributed by atoms with Gasteiger partial charge < -0.3 is 0 Å². The molecule has 0 fully saturated rings. The maximum absolute atomic E-state index is 10.8. The lowest BCUT2D eigenvalue weighted by Crippen LogP contribution is -1.95. The largest absolute Gasteiger partial charge is 0.297 e. The molecular formula is C7H6N2O. The predicted molar refractivity (Wildman–Crippen MR) is 35.3 cm³/mol. The minimum atomic E-state index is -0.189. The molecule has 0 aromatic rings. The number of allylic oxidation sites excluding steroid dienone is 2. The maximum atomic E-state index is 10.8.